The molecule has 3 aromatic heterocycles. The fourth-order valence-corrected chi connectivity index (χ4v) is 15.0. The van der Waals surface area contributed by atoms with E-state index >= 15 is 0 Å². The molecule has 0 aliphatic heterocycles. The fraction of sp³-hybridized carbons (Fsp3) is 0.0263. The molecule has 2 aliphatic carbocycles. The number of hydrogen-bond donors (Lipinski definition) is 0. The van der Waals surface area contributed by atoms with Crippen molar-refractivity contribution in [2.24, 2.45) is 5.92 Å². The Morgan fingerprint density at radius 3 is 1.54 bits per heavy atom. The highest BCUT2D eigenvalue weighted by molar-refractivity contribution is 7.25. The molecule has 2 unspecified atom stereocenters. The largest absolute Gasteiger partial charge is 0.308 e. The monoisotopic (exact) mass is 1020 g/mol. The van der Waals surface area contributed by atoms with Crippen molar-refractivity contribution in [3.8, 4) is 39.1 Å². The van der Waals surface area contributed by atoms with Crippen LogP contribution in [-0.2, 0) is 0 Å². The lowest BCUT2D eigenvalue weighted by Crippen LogP contribution is -2.24. The summed E-state index contributed by atoms with van der Waals surface area (Å²) in [5, 5.41) is 12.6. The highest BCUT2D eigenvalue weighted by atomic mass is 32.1. The van der Waals surface area contributed by atoms with Crippen LogP contribution >= 0.6 is 11.3 Å². The molecule has 2 atom stereocenters. The Hall–Kier alpha value is -9.80. The van der Waals surface area contributed by atoms with Crippen molar-refractivity contribution in [3.63, 3.8) is 0 Å². The standard InChI is InChI=1S/C76H48N2S/c1-3-19-47(20-4-1)49-36-40-69-64(43-49)53-23-15-17-33-67(53)77(69)75-60-29-11-7-25-56(60)73(57-26-8-12-30-61(57)75)51-38-42-71-66(45-51)55-39-35-52(46-72(55)79-71)74-58-27-9-13-31-62(58)76(63-32-14-10-28-59(63)74)78-68-34-18-16-24-54(68)65-44-50(37-41-70(65)78)48-21-5-2-6-22-48/h1-46,56,73H. The van der Waals surface area contributed by atoms with E-state index in [-0.39, 0.29) is 11.8 Å². The molecule has 0 bridgehead atoms. The van der Waals surface area contributed by atoms with Gasteiger partial charge in [-0.25, -0.2) is 0 Å². The predicted molar refractivity (Wildman–Crippen MR) is 337 cm³/mol. The van der Waals surface area contributed by atoms with Crippen LogP contribution in [0.25, 0.3) is 130 Å². The highest BCUT2D eigenvalue weighted by Crippen LogP contribution is 2.52. The summed E-state index contributed by atoms with van der Waals surface area (Å²) < 4.78 is 7.69. The predicted octanol–water partition coefficient (Wildman–Crippen LogP) is 20.7. The van der Waals surface area contributed by atoms with Crippen LogP contribution in [0.1, 0.15) is 22.6 Å². The first-order valence-electron chi connectivity index (χ1n) is 27.5. The van der Waals surface area contributed by atoms with Gasteiger partial charge >= 0.3 is 0 Å². The van der Waals surface area contributed by atoms with Gasteiger partial charge in [-0.05, 0) is 115 Å². The molecule has 17 rings (SSSR count). The van der Waals surface area contributed by atoms with Crippen molar-refractivity contribution in [2.45, 2.75) is 5.92 Å². The van der Waals surface area contributed by atoms with E-state index in [2.05, 4.69) is 288 Å². The summed E-state index contributed by atoms with van der Waals surface area (Å²) in [4.78, 5) is 0. The summed E-state index contributed by atoms with van der Waals surface area (Å²) in [6, 6.07) is 95.3. The number of fused-ring (bicyclic) bond motifs is 13. The van der Waals surface area contributed by atoms with Crippen LogP contribution in [0.15, 0.2) is 285 Å². The Morgan fingerprint density at radius 2 is 0.873 bits per heavy atom. The summed E-state index contributed by atoms with van der Waals surface area (Å²) in [5.41, 5.74) is 20.1. The highest BCUT2D eigenvalue weighted by Gasteiger charge is 2.37. The second-order valence-corrected chi connectivity index (χ2v) is 22.5. The maximum absolute atomic E-state index is 2.55. The molecular weight excluding hydrogens is 973 g/mol. The first-order valence-corrected chi connectivity index (χ1v) is 28.3. The van der Waals surface area contributed by atoms with E-state index in [1.165, 1.54) is 152 Å². The zero-order valence-corrected chi connectivity index (χ0v) is 43.8. The van der Waals surface area contributed by atoms with Crippen molar-refractivity contribution < 1.29 is 0 Å². The van der Waals surface area contributed by atoms with E-state index in [9.17, 15) is 0 Å². The Morgan fingerprint density at radius 1 is 0.329 bits per heavy atom. The molecule has 2 aliphatic rings. The second-order valence-electron chi connectivity index (χ2n) is 21.4. The van der Waals surface area contributed by atoms with Crippen molar-refractivity contribution in [1.82, 2.24) is 9.13 Å². The molecular formula is C76H48N2S. The molecule has 0 N–H and O–H groups in total. The zero-order valence-electron chi connectivity index (χ0n) is 43.0. The SMILES string of the molecule is C1=CC2=C(n3c4ccccc4c4cc(-c5ccccc5)ccc43)c3ccccc3C(c3ccc4sc5cc(-c6c7ccccc7c(-n7c8ccccc8c8cc(-c9ccccc9)ccc87)c7ccccc67)ccc5c4c3)C2C=C1. The van der Waals surface area contributed by atoms with E-state index in [1.54, 1.807) is 0 Å². The maximum Gasteiger partial charge on any atom is 0.0619 e. The number of aromatic nitrogens is 2. The van der Waals surface area contributed by atoms with Crippen LogP contribution in [0.4, 0.5) is 0 Å². The minimum Gasteiger partial charge on any atom is -0.308 e. The van der Waals surface area contributed by atoms with Crippen molar-refractivity contribution >= 4 is 102 Å². The molecule has 3 heteroatoms. The third-order valence-corrected chi connectivity index (χ3v) is 18.4. The van der Waals surface area contributed by atoms with Gasteiger partial charge in [-0.3, -0.25) is 0 Å². The minimum atomic E-state index is 0.129. The second kappa shape index (κ2) is 17.4. The number of thiophene rings is 1. The lowest BCUT2D eigenvalue weighted by molar-refractivity contribution is 0.645. The van der Waals surface area contributed by atoms with Gasteiger partial charge in [0.2, 0.25) is 0 Å². The van der Waals surface area contributed by atoms with Gasteiger partial charge in [0.15, 0.2) is 0 Å². The number of para-hydroxylation sites is 2. The normalized spacial score (nSPS) is 15.2. The van der Waals surface area contributed by atoms with Crippen LogP contribution in [-0.4, -0.2) is 9.13 Å². The molecule has 0 fully saturated rings. The molecule has 2 nitrogen and oxygen atoms in total. The molecule has 0 radical (unpaired) electrons. The summed E-state index contributed by atoms with van der Waals surface area (Å²) >= 11 is 1.91. The van der Waals surface area contributed by atoms with Crippen LogP contribution < -0.4 is 0 Å². The molecule has 79 heavy (non-hydrogen) atoms. The van der Waals surface area contributed by atoms with Gasteiger partial charge in [-0.2, -0.15) is 0 Å². The van der Waals surface area contributed by atoms with E-state index in [4.69, 9.17) is 0 Å². The maximum atomic E-state index is 2.55. The quantitative estimate of drug-likeness (QED) is 0.147. The van der Waals surface area contributed by atoms with Gasteiger partial charge in [0, 0.05) is 69.9 Å². The summed E-state index contributed by atoms with van der Waals surface area (Å²) in [7, 11) is 0. The lowest BCUT2D eigenvalue weighted by Gasteiger charge is -2.37. The number of nitrogens with zero attached hydrogens (tertiary/aromatic N) is 2. The summed E-state index contributed by atoms with van der Waals surface area (Å²) in [6.07, 6.45) is 9.32. The van der Waals surface area contributed by atoms with Gasteiger partial charge in [0.1, 0.15) is 0 Å². The van der Waals surface area contributed by atoms with Gasteiger partial charge in [0.05, 0.1) is 33.5 Å². The van der Waals surface area contributed by atoms with Crippen molar-refractivity contribution in [3.05, 3.63) is 301 Å². The summed E-state index contributed by atoms with van der Waals surface area (Å²) in [6.45, 7) is 0. The third-order valence-electron chi connectivity index (χ3n) is 17.3. The molecule has 368 valence electrons. The van der Waals surface area contributed by atoms with Gasteiger partial charge in [-0.15, -0.1) is 11.3 Å². The first-order chi connectivity index (χ1) is 39.2. The van der Waals surface area contributed by atoms with E-state index in [1.807, 2.05) is 11.3 Å². The number of allylic oxidation sites excluding steroid dienone is 5. The number of hydrogen-bond acceptors (Lipinski definition) is 1. The number of rotatable bonds is 6. The zero-order chi connectivity index (χ0) is 51.7. The lowest BCUT2D eigenvalue weighted by atomic mass is 9.69. The molecule has 0 saturated carbocycles. The van der Waals surface area contributed by atoms with Crippen molar-refractivity contribution in [2.75, 3.05) is 0 Å². The Kier molecular flexibility index (Phi) is 9.74. The van der Waals surface area contributed by atoms with Crippen LogP contribution in [0.3, 0.4) is 0 Å². The molecule has 0 amide bonds. The van der Waals surface area contributed by atoms with E-state index in [0.29, 0.717) is 0 Å². The van der Waals surface area contributed by atoms with Gasteiger partial charge in [-0.1, -0.05) is 224 Å². The summed E-state index contributed by atoms with van der Waals surface area (Å²) in [5.74, 6) is 0.270. The van der Waals surface area contributed by atoms with Crippen LogP contribution in [0.5, 0.6) is 0 Å². The average molecular weight is 1020 g/mol. The fourth-order valence-electron chi connectivity index (χ4n) is 13.9. The molecule has 0 saturated heterocycles. The van der Waals surface area contributed by atoms with Gasteiger partial charge < -0.3 is 9.13 Å². The van der Waals surface area contributed by atoms with Gasteiger partial charge in [0.25, 0.3) is 0 Å². The first kappa shape index (κ1) is 44.3. The van der Waals surface area contributed by atoms with Crippen LogP contribution in [0.2, 0.25) is 0 Å². The smallest absolute Gasteiger partial charge is 0.0619 e. The topological polar surface area (TPSA) is 9.86 Å². The Labute approximate surface area is 461 Å². The average Bonchev–Trinajstić information content (AvgIpc) is 4.21. The van der Waals surface area contributed by atoms with Crippen molar-refractivity contribution in [1.29, 1.82) is 0 Å². The third kappa shape index (κ3) is 6.64. The molecule has 0 spiro atoms. The van der Waals surface area contributed by atoms with Crippen LogP contribution in [0, 0.1) is 5.92 Å². The Bertz CT molecular complexity index is 5080. The number of benzene rings is 12. The minimum absolute atomic E-state index is 0.129. The molecule has 12 aromatic carbocycles. The van der Waals surface area contributed by atoms with E-state index < -0.39 is 0 Å². The molecule has 3 heterocycles. The molecule has 15 aromatic rings. The Balaban J connectivity index is 0.805. The van der Waals surface area contributed by atoms with E-state index in [0.717, 1.165) is 0 Å².